The molecule has 0 radical (unpaired) electrons. The van der Waals surface area contributed by atoms with Gasteiger partial charge in [-0.15, -0.1) is 11.3 Å². The Morgan fingerprint density at radius 2 is 1.88 bits per heavy atom. The van der Waals surface area contributed by atoms with Crippen LogP contribution in [0.25, 0.3) is 21.8 Å². The minimum atomic E-state index is -0.403. The van der Waals surface area contributed by atoms with Crippen LogP contribution in [0.3, 0.4) is 0 Å². The van der Waals surface area contributed by atoms with Gasteiger partial charge in [0.1, 0.15) is 10.7 Å². The Morgan fingerprint density at radius 1 is 1.12 bits per heavy atom. The molecule has 3 aromatic rings. The van der Waals surface area contributed by atoms with E-state index in [1.165, 1.54) is 18.4 Å². The first-order valence-electron chi connectivity index (χ1n) is 8.28. The monoisotopic (exact) mass is 372 g/mol. The van der Waals surface area contributed by atoms with Gasteiger partial charge in [-0.25, -0.2) is 9.78 Å². The van der Waals surface area contributed by atoms with Gasteiger partial charge in [0.25, 0.3) is 0 Å². The summed E-state index contributed by atoms with van der Waals surface area (Å²) in [6.07, 6.45) is 1.74. The number of nitrogens with zero attached hydrogens (tertiary/aromatic N) is 1. The molecule has 0 spiro atoms. The van der Waals surface area contributed by atoms with Crippen molar-refractivity contribution in [3.05, 3.63) is 41.5 Å². The Morgan fingerprint density at radius 3 is 2.62 bits per heavy atom. The predicted molar refractivity (Wildman–Crippen MR) is 101 cm³/mol. The normalized spacial score (nSPS) is 10.6. The van der Waals surface area contributed by atoms with Crippen molar-refractivity contribution >= 4 is 17.3 Å². The maximum absolute atomic E-state index is 11.6. The van der Waals surface area contributed by atoms with E-state index in [0.717, 1.165) is 27.6 Å². The second kappa shape index (κ2) is 8.05. The number of hydrogen-bond donors (Lipinski definition) is 1. The van der Waals surface area contributed by atoms with Crippen LogP contribution in [0.15, 0.2) is 35.8 Å². The summed E-state index contributed by atoms with van der Waals surface area (Å²) in [5.41, 5.74) is 2.99. The largest absolute Gasteiger partial charge is 0.490 e. The van der Waals surface area contributed by atoms with Gasteiger partial charge in [0.05, 0.1) is 26.0 Å². The van der Waals surface area contributed by atoms with Crippen LogP contribution in [0.5, 0.6) is 11.5 Å². The molecule has 0 aliphatic heterocycles. The molecule has 0 unspecified atom stereocenters. The lowest BCUT2D eigenvalue weighted by Gasteiger charge is -2.11. The summed E-state index contributed by atoms with van der Waals surface area (Å²) < 4.78 is 16.0. The molecular formula is C19H20N2O4S. The third kappa shape index (κ3) is 3.72. The van der Waals surface area contributed by atoms with E-state index in [1.54, 1.807) is 12.3 Å². The van der Waals surface area contributed by atoms with E-state index in [4.69, 9.17) is 14.2 Å². The molecule has 7 heteroatoms. The van der Waals surface area contributed by atoms with Crippen molar-refractivity contribution in [3.63, 3.8) is 0 Å². The SMILES string of the molecule is CCOc1ccc(-c2nc(-c3c[nH]c(C(=O)OC)c3)cs2)cc1OCC. The first-order valence-corrected chi connectivity index (χ1v) is 9.16. The summed E-state index contributed by atoms with van der Waals surface area (Å²) in [6.45, 7) is 5.02. The number of benzene rings is 1. The maximum Gasteiger partial charge on any atom is 0.354 e. The van der Waals surface area contributed by atoms with Gasteiger partial charge in [-0.1, -0.05) is 0 Å². The van der Waals surface area contributed by atoms with E-state index in [2.05, 4.69) is 9.97 Å². The number of carbonyl (C=O) groups excluding carboxylic acids is 1. The number of H-pyrrole nitrogens is 1. The lowest BCUT2D eigenvalue weighted by molar-refractivity contribution is 0.0595. The summed E-state index contributed by atoms with van der Waals surface area (Å²) in [4.78, 5) is 19.2. The molecule has 136 valence electrons. The quantitative estimate of drug-likeness (QED) is 0.623. The van der Waals surface area contributed by atoms with Gasteiger partial charge in [0.2, 0.25) is 0 Å². The van der Waals surface area contributed by atoms with Crippen molar-refractivity contribution in [2.24, 2.45) is 0 Å². The van der Waals surface area contributed by atoms with E-state index >= 15 is 0 Å². The minimum Gasteiger partial charge on any atom is -0.490 e. The first kappa shape index (κ1) is 18.0. The summed E-state index contributed by atoms with van der Waals surface area (Å²) >= 11 is 1.53. The van der Waals surface area contributed by atoms with E-state index in [-0.39, 0.29) is 0 Å². The van der Waals surface area contributed by atoms with Crippen LogP contribution in [0.2, 0.25) is 0 Å². The molecule has 1 N–H and O–H groups in total. The van der Waals surface area contributed by atoms with Crippen LogP contribution >= 0.6 is 11.3 Å². The molecular weight excluding hydrogens is 352 g/mol. The highest BCUT2D eigenvalue weighted by Gasteiger charge is 2.14. The van der Waals surface area contributed by atoms with Gasteiger partial charge in [-0.2, -0.15) is 0 Å². The maximum atomic E-state index is 11.6. The van der Waals surface area contributed by atoms with Gasteiger partial charge in [-0.3, -0.25) is 0 Å². The molecule has 2 aromatic heterocycles. The molecule has 0 aliphatic rings. The number of aromatic nitrogens is 2. The molecule has 0 atom stereocenters. The van der Waals surface area contributed by atoms with E-state index < -0.39 is 5.97 Å². The molecule has 0 fully saturated rings. The molecule has 0 saturated carbocycles. The summed E-state index contributed by atoms with van der Waals surface area (Å²) in [5, 5.41) is 2.82. The Kier molecular flexibility index (Phi) is 5.58. The number of methoxy groups -OCH3 is 1. The number of aromatic amines is 1. The lowest BCUT2D eigenvalue weighted by atomic mass is 10.2. The highest BCUT2D eigenvalue weighted by atomic mass is 32.1. The van der Waals surface area contributed by atoms with Crippen LogP contribution in [0, 0.1) is 0 Å². The fourth-order valence-electron chi connectivity index (χ4n) is 2.49. The van der Waals surface area contributed by atoms with Crippen molar-refractivity contribution in [1.29, 1.82) is 0 Å². The van der Waals surface area contributed by atoms with Gasteiger partial charge >= 0.3 is 5.97 Å². The Bertz CT molecular complexity index is 901. The molecule has 26 heavy (non-hydrogen) atoms. The molecule has 0 aliphatic carbocycles. The minimum absolute atomic E-state index is 0.400. The number of ether oxygens (including phenoxy) is 3. The van der Waals surface area contributed by atoms with E-state index in [0.29, 0.717) is 24.7 Å². The number of thiazole rings is 1. The van der Waals surface area contributed by atoms with Gasteiger partial charge in [0, 0.05) is 22.7 Å². The topological polar surface area (TPSA) is 73.4 Å². The summed E-state index contributed by atoms with van der Waals surface area (Å²) in [6, 6.07) is 7.53. The fourth-order valence-corrected chi connectivity index (χ4v) is 3.32. The van der Waals surface area contributed by atoms with Crippen molar-refractivity contribution in [1.82, 2.24) is 9.97 Å². The number of carbonyl (C=O) groups is 1. The average molecular weight is 372 g/mol. The Labute approximate surface area is 155 Å². The van der Waals surface area contributed by atoms with Gasteiger partial charge in [-0.05, 0) is 38.1 Å². The van der Waals surface area contributed by atoms with Crippen LogP contribution in [-0.2, 0) is 4.74 Å². The van der Waals surface area contributed by atoms with Crippen LogP contribution < -0.4 is 9.47 Å². The highest BCUT2D eigenvalue weighted by Crippen LogP contribution is 2.35. The summed E-state index contributed by atoms with van der Waals surface area (Å²) in [7, 11) is 1.35. The van der Waals surface area contributed by atoms with E-state index in [1.807, 2.05) is 37.4 Å². The first-order chi connectivity index (χ1) is 12.7. The number of nitrogens with one attached hydrogen (secondary N) is 1. The molecule has 0 bridgehead atoms. The van der Waals surface area contributed by atoms with Crippen molar-refractivity contribution in [2.75, 3.05) is 20.3 Å². The Balaban J connectivity index is 1.88. The molecule has 1 aromatic carbocycles. The Hall–Kier alpha value is -2.80. The fraction of sp³-hybridized carbons (Fsp3) is 0.263. The number of hydrogen-bond acceptors (Lipinski definition) is 6. The average Bonchev–Trinajstić information content (AvgIpc) is 3.32. The molecule has 2 heterocycles. The second-order valence-electron chi connectivity index (χ2n) is 5.36. The zero-order valence-electron chi connectivity index (χ0n) is 14.9. The van der Waals surface area contributed by atoms with Crippen LogP contribution in [0.4, 0.5) is 0 Å². The lowest BCUT2D eigenvalue weighted by Crippen LogP contribution is -2.00. The number of esters is 1. The number of rotatable bonds is 7. The standard InChI is InChI=1S/C19H20N2O4S/c1-4-24-16-7-6-12(9-17(16)25-5-2)18-21-15(11-26-18)13-8-14(20-10-13)19(22)23-3/h6-11,20H,4-5H2,1-3H3. The molecule has 3 rings (SSSR count). The third-order valence-electron chi connectivity index (χ3n) is 3.68. The van der Waals surface area contributed by atoms with Crippen molar-refractivity contribution in [3.8, 4) is 33.3 Å². The molecule has 0 amide bonds. The third-order valence-corrected chi connectivity index (χ3v) is 4.57. The molecule has 6 nitrogen and oxygen atoms in total. The zero-order chi connectivity index (χ0) is 18.5. The van der Waals surface area contributed by atoms with E-state index in [9.17, 15) is 4.79 Å². The second-order valence-corrected chi connectivity index (χ2v) is 6.22. The van der Waals surface area contributed by atoms with Gasteiger partial charge in [0.15, 0.2) is 11.5 Å². The van der Waals surface area contributed by atoms with Crippen LogP contribution in [0.1, 0.15) is 24.3 Å². The molecule has 0 saturated heterocycles. The smallest absolute Gasteiger partial charge is 0.354 e. The van der Waals surface area contributed by atoms with Crippen LogP contribution in [-0.4, -0.2) is 36.3 Å². The highest BCUT2D eigenvalue weighted by molar-refractivity contribution is 7.13. The van der Waals surface area contributed by atoms with Gasteiger partial charge < -0.3 is 19.2 Å². The predicted octanol–water partition coefficient (Wildman–Crippen LogP) is 4.39. The summed E-state index contributed by atoms with van der Waals surface area (Å²) in [5.74, 6) is 1.03. The van der Waals surface area contributed by atoms with Crippen molar-refractivity contribution < 1.29 is 19.0 Å². The van der Waals surface area contributed by atoms with Crippen molar-refractivity contribution in [2.45, 2.75) is 13.8 Å². The zero-order valence-corrected chi connectivity index (χ0v) is 15.7.